The number of hydrogen-bond donors (Lipinski definition) is 1. The molecule has 1 heterocycles. The van der Waals surface area contributed by atoms with E-state index in [1.165, 1.54) is 5.56 Å². The van der Waals surface area contributed by atoms with Crippen molar-refractivity contribution in [3.8, 4) is 0 Å². The van der Waals surface area contributed by atoms with Gasteiger partial charge >= 0.3 is 0 Å². The summed E-state index contributed by atoms with van der Waals surface area (Å²) < 4.78 is 16.4. The van der Waals surface area contributed by atoms with E-state index in [9.17, 15) is 0 Å². The highest BCUT2D eigenvalue weighted by molar-refractivity contribution is 5.20. The molecule has 1 unspecified atom stereocenters. The second kappa shape index (κ2) is 8.35. The van der Waals surface area contributed by atoms with Crippen LogP contribution in [0.2, 0.25) is 0 Å². The molecule has 0 fully saturated rings. The van der Waals surface area contributed by atoms with Crippen molar-refractivity contribution in [1.29, 1.82) is 0 Å². The number of hydrogen-bond acceptors (Lipinski definition) is 4. The van der Waals surface area contributed by atoms with Gasteiger partial charge in [0.05, 0.1) is 12.7 Å². The van der Waals surface area contributed by atoms with Crippen molar-refractivity contribution in [3.05, 3.63) is 23.2 Å². The summed E-state index contributed by atoms with van der Waals surface area (Å²) in [6, 6.07) is 2.07. The fourth-order valence-electron chi connectivity index (χ4n) is 1.84. The molecule has 1 aromatic rings. The highest BCUT2D eigenvalue weighted by atomic mass is 16.5. The first-order chi connectivity index (χ1) is 9.02. The van der Waals surface area contributed by atoms with Gasteiger partial charge in [-0.1, -0.05) is 13.8 Å². The molecule has 0 amide bonds. The van der Waals surface area contributed by atoms with Gasteiger partial charge in [0, 0.05) is 19.2 Å². The molecular formula is C15H27NO3. The molecule has 4 heteroatoms. The molecule has 1 aromatic heterocycles. The van der Waals surface area contributed by atoms with Crippen LogP contribution in [0.1, 0.15) is 37.9 Å². The standard InChI is InChI=1S/C15H27NO3/c1-11(2)7-16-8-14-6-15(19-13(14)4)10-18-12(3)9-17-5/h6,11-12,16H,7-10H2,1-5H3. The molecule has 110 valence electrons. The van der Waals surface area contributed by atoms with E-state index < -0.39 is 0 Å². The van der Waals surface area contributed by atoms with Crippen LogP contribution < -0.4 is 5.32 Å². The maximum absolute atomic E-state index is 5.69. The van der Waals surface area contributed by atoms with E-state index in [1.807, 2.05) is 13.8 Å². The van der Waals surface area contributed by atoms with Gasteiger partial charge in [0.25, 0.3) is 0 Å². The average molecular weight is 269 g/mol. The summed E-state index contributed by atoms with van der Waals surface area (Å²) >= 11 is 0. The van der Waals surface area contributed by atoms with Crippen molar-refractivity contribution in [2.75, 3.05) is 20.3 Å². The van der Waals surface area contributed by atoms with Gasteiger partial charge in [-0.25, -0.2) is 0 Å². The first kappa shape index (κ1) is 16.2. The van der Waals surface area contributed by atoms with Crippen molar-refractivity contribution in [2.45, 2.75) is 47.0 Å². The number of aryl methyl sites for hydroxylation is 1. The third-order valence-corrected chi connectivity index (χ3v) is 2.85. The second-order valence-corrected chi connectivity index (χ2v) is 5.40. The molecule has 0 aliphatic heterocycles. The Labute approximate surface area is 116 Å². The molecular weight excluding hydrogens is 242 g/mol. The number of methoxy groups -OCH3 is 1. The SMILES string of the molecule is COCC(C)OCc1cc(CNCC(C)C)c(C)o1. The summed E-state index contributed by atoms with van der Waals surface area (Å²) in [5, 5.41) is 3.42. The minimum atomic E-state index is 0.0814. The van der Waals surface area contributed by atoms with Crippen LogP contribution in [-0.2, 0) is 22.6 Å². The van der Waals surface area contributed by atoms with Gasteiger partial charge in [-0.05, 0) is 32.4 Å². The first-order valence-electron chi connectivity index (χ1n) is 6.92. The Balaban J connectivity index is 2.40. The molecule has 0 saturated carbocycles. The lowest BCUT2D eigenvalue weighted by atomic mass is 10.2. The third kappa shape index (κ3) is 6.23. The van der Waals surface area contributed by atoms with E-state index in [1.54, 1.807) is 7.11 Å². The van der Waals surface area contributed by atoms with Crippen LogP contribution in [0.3, 0.4) is 0 Å². The quantitative estimate of drug-likeness (QED) is 0.748. The fraction of sp³-hybridized carbons (Fsp3) is 0.733. The molecule has 0 spiro atoms. The number of furan rings is 1. The normalized spacial score (nSPS) is 13.2. The number of rotatable bonds is 9. The molecule has 0 radical (unpaired) electrons. The van der Waals surface area contributed by atoms with Crippen molar-refractivity contribution < 1.29 is 13.9 Å². The lowest BCUT2D eigenvalue weighted by Crippen LogP contribution is -2.19. The Morgan fingerprint density at radius 1 is 1.32 bits per heavy atom. The van der Waals surface area contributed by atoms with Crippen molar-refractivity contribution in [3.63, 3.8) is 0 Å². The van der Waals surface area contributed by atoms with E-state index in [0.717, 1.165) is 24.6 Å². The molecule has 1 rings (SSSR count). The highest BCUT2D eigenvalue weighted by Gasteiger charge is 2.09. The Hall–Kier alpha value is -0.840. The zero-order valence-electron chi connectivity index (χ0n) is 12.8. The van der Waals surface area contributed by atoms with Crippen molar-refractivity contribution >= 4 is 0 Å². The van der Waals surface area contributed by atoms with Gasteiger partial charge in [0.15, 0.2) is 0 Å². The molecule has 0 aliphatic carbocycles. The summed E-state index contributed by atoms with van der Waals surface area (Å²) in [6.07, 6.45) is 0.0814. The van der Waals surface area contributed by atoms with Crippen LogP contribution in [0.15, 0.2) is 10.5 Å². The number of nitrogens with one attached hydrogen (secondary N) is 1. The Morgan fingerprint density at radius 3 is 2.68 bits per heavy atom. The third-order valence-electron chi connectivity index (χ3n) is 2.85. The van der Waals surface area contributed by atoms with Crippen LogP contribution in [0.25, 0.3) is 0 Å². The van der Waals surface area contributed by atoms with Crippen molar-refractivity contribution in [1.82, 2.24) is 5.32 Å². The van der Waals surface area contributed by atoms with E-state index in [4.69, 9.17) is 13.9 Å². The van der Waals surface area contributed by atoms with Crippen molar-refractivity contribution in [2.24, 2.45) is 5.92 Å². The molecule has 1 atom stereocenters. The minimum absolute atomic E-state index is 0.0814. The molecule has 0 bridgehead atoms. The smallest absolute Gasteiger partial charge is 0.130 e. The van der Waals surface area contributed by atoms with Crippen LogP contribution in [0.4, 0.5) is 0 Å². The molecule has 1 N–H and O–H groups in total. The fourth-order valence-corrected chi connectivity index (χ4v) is 1.84. The largest absolute Gasteiger partial charge is 0.464 e. The molecule has 0 saturated heterocycles. The first-order valence-corrected chi connectivity index (χ1v) is 6.92. The van der Waals surface area contributed by atoms with E-state index in [-0.39, 0.29) is 6.10 Å². The lowest BCUT2D eigenvalue weighted by molar-refractivity contribution is -0.00654. The van der Waals surface area contributed by atoms with Gasteiger partial charge in [-0.15, -0.1) is 0 Å². The molecule has 19 heavy (non-hydrogen) atoms. The maximum Gasteiger partial charge on any atom is 0.130 e. The van der Waals surface area contributed by atoms with E-state index >= 15 is 0 Å². The van der Waals surface area contributed by atoms with Crippen LogP contribution in [0.5, 0.6) is 0 Å². The van der Waals surface area contributed by atoms with Crippen LogP contribution in [0, 0.1) is 12.8 Å². The average Bonchev–Trinajstić information content (AvgIpc) is 2.68. The van der Waals surface area contributed by atoms with Gasteiger partial charge in [-0.2, -0.15) is 0 Å². The Kier molecular flexibility index (Phi) is 7.13. The van der Waals surface area contributed by atoms with E-state index in [0.29, 0.717) is 19.1 Å². The summed E-state index contributed by atoms with van der Waals surface area (Å²) in [7, 11) is 1.68. The Morgan fingerprint density at radius 2 is 2.05 bits per heavy atom. The topological polar surface area (TPSA) is 43.6 Å². The lowest BCUT2D eigenvalue weighted by Gasteiger charge is -2.10. The molecule has 0 aliphatic rings. The zero-order valence-corrected chi connectivity index (χ0v) is 12.8. The summed E-state index contributed by atoms with van der Waals surface area (Å²) in [5.41, 5.74) is 1.21. The van der Waals surface area contributed by atoms with Gasteiger partial charge in [0.1, 0.15) is 18.1 Å². The summed E-state index contributed by atoms with van der Waals surface area (Å²) in [4.78, 5) is 0. The van der Waals surface area contributed by atoms with Crippen LogP contribution in [-0.4, -0.2) is 26.4 Å². The monoisotopic (exact) mass is 269 g/mol. The highest BCUT2D eigenvalue weighted by Crippen LogP contribution is 2.16. The summed E-state index contributed by atoms with van der Waals surface area (Å²) in [5.74, 6) is 2.50. The minimum Gasteiger partial charge on any atom is -0.464 e. The second-order valence-electron chi connectivity index (χ2n) is 5.40. The predicted octanol–water partition coefficient (Wildman–Crippen LogP) is 2.89. The van der Waals surface area contributed by atoms with Crippen LogP contribution >= 0.6 is 0 Å². The Bertz CT molecular complexity index is 360. The molecule has 0 aromatic carbocycles. The van der Waals surface area contributed by atoms with Gasteiger partial charge < -0.3 is 19.2 Å². The van der Waals surface area contributed by atoms with E-state index in [2.05, 4.69) is 25.2 Å². The maximum atomic E-state index is 5.69. The summed E-state index contributed by atoms with van der Waals surface area (Å²) in [6.45, 7) is 11.3. The van der Waals surface area contributed by atoms with Gasteiger partial charge in [0.2, 0.25) is 0 Å². The zero-order chi connectivity index (χ0) is 14.3. The molecule has 4 nitrogen and oxygen atoms in total. The van der Waals surface area contributed by atoms with Gasteiger partial charge in [-0.3, -0.25) is 0 Å². The number of ether oxygens (including phenoxy) is 2. The predicted molar refractivity (Wildman–Crippen MR) is 76.1 cm³/mol.